The average molecular weight is 379 g/mol. The molecule has 1 N–H and O–H groups in total. The van der Waals surface area contributed by atoms with Crippen molar-refractivity contribution in [2.24, 2.45) is 0 Å². The highest BCUT2D eigenvalue weighted by atomic mass is 79.9. The Morgan fingerprint density at radius 1 is 1.05 bits per heavy atom. The highest BCUT2D eigenvalue weighted by Gasteiger charge is 2.12. The van der Waals surface area contributed by atoms with Crippen LogP contribution < -0.4 is 5.48 Å². The lowest BCUT2D eigenvalue weighted by Gasteiger charge is -2.04. The Bertz CT molecular complexity index is 804. The first kappa shape index (κ1) is 13.3. The van der Waals surface area contributed by atoms with Gasteiger partial charge in [-0.2, -0.15) is 4.94 Å². The summed E-state index contributed by atoms with van der Waals surface area (Å²) < 4.78 is 3.86. The molecule has 6 heteroatoms. The zero-order valence-corrected chi connectivity index (χ0v) is 14.3. The van der Waals surface area contributed by atoms with Gasteiger partial charge in [0, 0.05) is 26.9 Å². The number of rotatable bonds is 2. The van der Waals surface area contributed by atoms with Gasteiger partial charge in [-0.05, 0) is 33.6 Å². The summed E-state index contributed by atoms with van der Waals surface area (Å²) >= 11 is 7.14. The molecule has 0 saturated heterocycles. The van der Waals surface area contributed by atoms with Crippen LogP contribution in [0.4, 0.5) is 0 Å². The van der Waals surface area contributed by atoms with E-state index in [0.717, 1.165) is 11.3 Å². The molecule has 1 aliphatic rings. The van der Waals surface area contributed by atoms with Crippen LogP contribution in [0.15, 0.2) is 46.4 Å². The predicted molar refractivity (Wildman–Crippen MR) is 92.8 cm³/mol. The number of nitrogens with zero attached hydrogens (tertiary/aromatic N) is 1. The van der Waals surface area contributed by atoms with Crippen LogP contribution in [0.3, 0.4) is 0 Å². The maximum atomic E-state index is 5.17. The molecule has 0 aliphatic carbocycles. The third kappa shape index (κ3) is 2.48. The first-order valence-corrected chi connectivity index (χ1v) is 8.79. The Labute approximate surface area is 138 Å². The summed E-state index contributed by atoms with van der Waals surface area (Å²) in [5, 5.41) is 1.65. The third-order valence-corrected chi connectivity index (χ3v) is 6.11. The van der Waals surface area contributed by atoms with E-state index in [2.05, 4.69) is 57.8 Å². The second-order valence-electron chi connectivity index (χ2n) is 4.75. The van der Waals surface area contributed by atoms with E-state index in [1.165, 1.54) is 23.6 Å². The lowest BCUT2D eigenvalue weighted by molar-refractivity contribution is -0.121. The smallest absolute Gasteiger partial charge is 0.0885 e. The number of thiophene rings is 2. The number of hydrogen-bond acceptors (Lipinski definition) is 5. The minimum absolute atomic E-state index is 0.972. The molecule has 1 aromatic carbocycles. The van der Waals surface area contributed by atoms with E-state index >= 15 is 0 Å². The Kier molecular flexibility index (Phi) is 3.26. The van der Waals surface area contributed by atoms with Gasteiger partial charge in [0.1, 0.15) is 0 Å². The van der Waals surface area contributed by atoms with Crippen molar-refractivity contribution >= 4 is 53.7 Å². The maximum Gasteiger partial charge on any atom is 0.0885 e. The minimum atomic E-state index is 0.972. The first-order chi connectivity index (χ1) is 10.2. The summed E-state index contributed by atoms with van der Waals surface area (Å²) in [6.45, 7) is 0. The molecule has 0 atom stereocenters. The van der Waals surface area contributed by atoms with Crippen LogP contribution in [0.1, 0.15) is 5.56 Å². The summed E-state index contributed by atoms with van der Waals surface area (Å²) in [5.74, 6) is 0. The number of halogens is 1. The van der Waals surface area contributed by atoms with Gasteiger partial charge in [-0.15, -0.1) is 22.7 Å². The Balaban J connectivity index is 1.66. The number of hydroxylamine groups is 3. The van der Waals surface area contributed by atoms with E-state index in [9.17, 15) is 0 Å². The number of fused-ring (bicyclic) bond motifs is 1. The third-order valence-electron chi connectivity index (χ3n) is 3.27. The van der Waals surface area contributed by atoms with Crippen LogP contribution in [0.25, 0.3) is 25.5 Å². The van der Waals surface area contributed by atoms with Crippen LogP contribution in [0, 0.1) is 0 Å². The van der Waals surface area contributed by atoms with E-state index in [0.29, 0.717) is 0 Å². The van der Waals surface area contributed by atoms with Gasteiger partial charge in [-0.1, -0.05) is 24.3 Å². The standard InChI is InChI=1S/C15H11BrN2OS2/c1-18-8-11(17-19-18)9-2-4-10(5-3-9)12-6-13-14(20-12)7-15(16)21-13/h2-8,17H,1H3. The maximum absolute atomic E-state index is 5.17. The Hall–Kier alpha value is -1.34. The van der Waals surface area contributed by atoms with E-state index in [-0.39, 0.29) is 0 Å². The fourth-order valence-electron chi connectivity index (χ4n) is 2.25. The van der Waals surface area contributed by atoms with Crippen LogP contribution in [-0.4, -0.2) is 12.1 Å². The monoisotopic (exact) mass is 378 g/mol. The molecule has 0 saturated carbocycles. The van der Waals surface area contributed by atoms with Gasteiger partial charge in [0.15, 0.2) is 0 Å². The number of benzene rings is 1. The Morgan fingerprint density at radius 3 is 2.43 bits per heavy atom. The molecule has 0 fully saturated rings. The SMILES string of the molecule is CN1C=C(c2ccc(-c3cc4sc(Br)cc4s3)cc2)NO1. The molecule has 0 radical (unpaired) electrons. The highest BCUT2D eigenvalue weighted by Crippen LogP contribution is 2.40. The minimum Gasteiger partial charge on any atom is -0.240 e. The van der Waals surface area contributed by atoms with Crippen molar-refractivity contribution in [1.29, 1.82) is 0 Å². The summed E-state index contributed by atoms with van der Waals surface area (Å²) in [5.41, 5.74) is 6.23. The largest absolute Gasteiger partial charge is 0.240 e. The van der Waals surface area contributed by atoms with E-state index in [1.54, 1.807) is 16.4 Å². The highest BCUT2D eigenvalue weighted by molar-refractivity contribution is 9.11. The van der Waals surface area contributed by atoms with Crippen molar-refractivity contribution in [1.82, 2.24) is 10.5 Å². The molecule has 21 heavy (non-hydrogen) atoms. The van der Waals surface area contributed by atoms with Crippen molar-refractivity contribution in [2.75, 3.05) is 7.05 Å². The van der Waals surface area contributed by atoms with E-state index < -0.39 is 0 Å². The quantitative estimate of drug-likeness (QED) is 0.673. The molecule has 0 unspecified atom stereocenters. The summed E-state index contributed by atoms with van der Waals surface area (Å²) in [7, 11) is 1.85. The molecule has 0 amide bonds. The van der Waals surface area contributed by atoms with Gasteiger partial charge < -0.3 is 0 Å². The normalized spacial score (nSPS) is 14.6. The van der Waals surface area contributed by atoms with Crippen LogP contribution in [-0.2, 0) is 4.94 Å². The summed E-state index contributed by atoms with van der Waals surface area (Å²) in [4.78, 5) is 6.47. The van der Waals surface area contributed by atoms with Crippen molar-refractivity contribution in [3.63, 3.8) is 0 Å². The van der Waals surface area contributed by atoms with E-state index in [1.807, 2.05) is 24.6 Å². The van der Waals surface area contributed by atoms with Gasteiger partial charge >= 0.3 is 0 Å². The number of nitrogens with one attached hydrogen (secondary N) is 1. The van der Waals surface area contributed by atoms with Crippen LogP contribution >= 0.6 is 38.6 Å². The van der Waals surface area contributed by atoms with Gasteiger partial charge in [-0.25, -0.2) is 10.5 Å². The molecule has 3 heterocycles. The van der Waals surface area contributed by atoms with Crippen molar-refractivity contribution < 1.29 is 4.94 Å². The van der Waals surface area contributed by atoms with Crippen molar-refractivity contribution in [3.05, 3.63) is 51.9 Å². The van der Waals surface area contributed by atoms with Crippen molar-refractivity contribution in [3.8, 4) is 10.4 Å². The van der Waals surface area contributed by atoms with Gasteiger partial charge in [-0.3, -0.25) is 0 Å². The lowest BCUT2D eigenvalue weighted by Crippen LogP contribution is -2.12. The molecule has 106 valence electrons. The summed E-state index contributed by atoms with van der Waals surface area (Å²) in [6, 6.07) is 13.0. The van der Waals surface area contributed by atoms with Gasteiger partial charge in [0.25, 0.3) is 0 Å². The van der Waals surface area contributed by atoms with Gasteiger partial charge in [0.05, 0.1) is 15.7 Å². The average Bonchev–Trinajstić information content (AvgIpc) is 3.13. The fourth-order valence-corrected chi connectivity index (χ4v) is 5.28. The zero-order valence-electron chi connectivity index (χ0n) is 11.1. The molecule has 1 aliphatic heterocycles. The topological polar surface area (TPSA) is 24.5 Å². The molecular formula is C15H11BrN2OS2. The molecule has 3 aromatic rings. The predicted octanol–water partition coefficient (Wildman–Crippen LogP) is 5.07. The van der Waals surface area contributed by atoms with Gasteiger partial charge in [0.2, 0.25) is 0 Å². The van der Waals surface area contributed by atoms with Crippen molar-refractivity contribution in [2.45, 2.75) is 0 Å². The Morgan fingerprint density at radius 2 is 1.76 bits per heavy atom. The second kappa shape index (κ2) is 5.14. The zero-order chi connectivity index (χ0) is 14.4. The van der Waals surface area contributed by atoms with Crippen LogP contribution in [0.2, 0.25) is 0 Å². The molecule has 2 aromatic heterocycles. The lowest BCUT2D eigenvalue weighted by atomic mass is 10.1. The fraction of sp³-hybridized carbons (Fsp3) is 0.0667. The molecule has 4 rings (SSSR count). The number of hydrogen-bond donors (Lipinski definition) is 1. The van der Waals surface area contributed by atoms with Crippen LogP contribution in [0.5, 0.6) is 0 Å². The van der Waals surface area contributed by atoms with E-state index in [4.69, 9.17) is 4.94 Å². The molecule has 0 spiro atoms. The molecular weight excluding hydrogens is 368 g/mol. The summed E-state index contributed by atoms with van der Waals surface area (Å²) in [6.07, 6.45) is 1.92. The first-order valence-electron chi connectivity index (χ1n) is 6.36. The second-order valence-corrected chi connectivity index (χ2v) is 8.30. The molecule has 0 bridgehead atoms. The molecule has 3 nitrogen and oxygen atoms in total.